The summed E-state index contributed by atoms with van der Waals surface area (Å²) in [5.41, 5.74) is 1.28. The number of benzene rings is 2. The van der Waals surface area contributed by atoms with Crippen LogP contribution in [0.15, 0.2) is 48.5 Å². The lowest BCUT2D eigenvalue weighted by Crippen LogP contribution is -2.43. The zero-order valence-corrected chi connectivity index (χ0v) is 17.8. The summed E-state index contributed by atoms with van der Waals surface area (Å²) in [7, 11) is 0. The molecule has 1 heterocycles. The molecule has 1 fully saturated rings. The Kier molecular flexibility index (Phi) is 7.08. The third kappa shape index (κ3) is 5.17. The highest BCUT2D eigenvalue weighted by Gasteiger charge is 2.27. The zero-order chi connectivity index (χ0) is 21.7. The van der Waals surface area contributed by atoms with Gasteiger partial charge in [-0.25, -0.2) is 4.39 Å². The molecule has 2 aromatic rings. The van der Waals surface area contributed by atoms with Gasteiger partial charge in [0.05, 0.1) is 5.56 Å². The van der Waals surface area contributed by atoms with Gasteiger partial charge in [0.1, 0.15) is 11.6 Å². The predicted octanol–water partition coefficient (Wildman–Crippen LogP) is 4.09. The summed E-state index contributed by atoms with van der Waals surface area (Å²) in [6, 6.07) is 13.8. The normalized spacial score (nSPS) is 15.6. The van der Waals surface area contributed by atoms with Crippen LogP contribution in [-0.2, 0) is 4.79 Å². The second-order valence-corrected chi connectivity index (χ2v) is 7.93. The number of rotatable bonds is 5. The van der Waals surface area contributed by atoms with Crippen LogP contribution in [0.5, 0.6) is 5.75 Å². The summed E-state index contributed by atoms with van der Waals surface area (Å²) in [4.78, 5) is 28.9. The van der Waals surface area contributed by atoms with E-state index in [-0.39, 0.29) is 17.4 Å². The van der Waals surface area contributed by atoms with Crippen LogP contribution >= 0.6 is 0 Å². The lowest BCUT2D eigenvalue weighted by Gasteiger charge is -2.25. The van der Waals surface area contributed by atoms with E-state index in [0.717, 1.165) is 0 Å². The number of hydrogen-bond acceptors (Lipinski definition) is 3. The predicted molar refractivity (Wildman–Crippen MR) is 114 cm³/mol. The number of amides is 2. The number of carbonyl (C=O) groups is 2. The summed E-state index contributed by atoms with van der Waals surface area (Å²) >= 11 is 0. The fourth-order valence-corrected chi connectivity index (χ4v) is 3.59. The first kappa shape index (κ1) is 21.8. The van der Waals surface area contributed by atoms with Gasteiger partial charge in [0, 0.05) is 26.2 Å². The molecule has 0 bridgehead atoms. The van der Waals surface area contributed by atoms with Crippen LogP contribution in [0.2, 0.25) is 0 Å². The van der Waals surface area contributed by atoms with Gasteiger partial charge in [0.2, 0.25) is 0 Å². The molecular weight excluding hydrogens is 383 g/mol. The molecule has 1 atom stereocenters. The molecule has 3 rings (SSSR count). The standard InChI is InChI=1S/C24H29FN2O3/c1-17(2)19-9-11-20(12-10-19)30-18(3)23(28)26-13-6-14-27(16-15-26)24(29)21-7-4-5-8-22(21)25/h4-5,7-12,17-18H,6,13-16H2,1-3H3. The van der Waals surface area contributed by atoms with E-state index in [0.29, 0.717) is 44.3 Å². The maximum atomic E-state index is 14.0. The number of ether oxygens (including phenoxy) is 1. The van der Waals surface area contributed by atoms with Gasteiger partial charge >= 0.3 is 0 Å². The highest BCUT2D eigenvalue weighted by Crippen LogP contribution is 2.20. The van der Waals surface area contributed by atoms with Crippen molar-refractivity contribution < 1.29 is 18.7 Å². The third-order valence-corrected chi connectivity index (χ3v) is 5.41. The van der Waals surface area contributed by atoms with Crippen molar-refractivity contribution in [3.63, 3.8) is 0 Å². The minimum atomic E-state index is -0.622. The largest absolute Gasteiger partial charge is 0.481 e. The highest BCUT2D eigenvalue weighted by atomic mass is 19.1. The fourth-order valence-electron chi connectivity index (χ4n) is 3.59. The average Bonchev–Trinajstić information content (AvgIpc) is 2.99. The summed E-state index contributed by atoms with van der Waals surface area (Å²) < 4.78 is 19.8. The number of hydrogen-bond donors (Lipinski definition) is 0. The summed E-state index contributed by atoms with van der Waals surface area (Å²) in [5, 5.41) is 0. The minimum Gasteiger partial charge on any atom is -0.481 e. The van der Waals surface area contributed by atoms with Gasteiger partial charge in [-0.2, -0.15) is 0 Å². The van der Waals surface area contributed by atoms with Crippen LogP contribution in [0.1, 0.15) is 49.0 Å². The van der Waals surface area contributed by atoms with E-state index in [2.05, 4.69) is 13.8 Å². The van der Waals surface area contributed by atoms with Crippen molar-refractivity contribution in [2.75, 3.05) is 26.2 Å². The van der Waals surface area contributed by atoms with Crippen LogP contribution in [-0.4, -0.2) is 53.9 Å². The molecule has 0 saturated carbocycles. The van der Waals surface area contributed by atoms with Gasteiger partial charge in [-0.3, -0.25) is 9.59 Å². The van der Waals surface area contributed by atoms with Gasteiger partial charge in [-0.1, -0.05) is 38.1 Å². The molecule has 30 heavy (non-hydrogen) atoms. The minimum absolute atomic E-state index is 0.0684. The Balaban J connectivity index is 1.58. The summed E-state index contributed by atoms with van der Waals surface area (Å²) in [6.07, 6.45) is 0.0191. The molecule has 0 radical (unpaired) electrons. The summed E-state index contributed by atoms with van der Waals surface area (Å²) in [5.74, 6) is 0.127. The molecule has 5 nitrogen and oxygen atoms in total. The molecule has 1 saturated heterocycles. The van der Waals surface area contributed by atoms with Gasteiger partial charge < -0.3 is 14.5 Å². The van der Waals surface area contributed by atoms with E-state index < -0.39 is 11.9 Å². The zero-order valence-electron chi connectivity index (χ0n) is 17.8. The lowest BCUT2D eigenvalue weighted by molar-refractivity contribution is -0.137. The monoisotopic (exact) mass is 412 g/mol. The van der Waals surface area contributed by atoms with Crippen molar-refractivity contribution in [2.45, 2.75) is 39.2 Å². The Morgan fingerprint density at radius 3 is 2.20 bits per heavy atom. The number of carbonyl (C=O) groups excluding carboxylic acids is 2. The molecule has 1 aliphatic rings. The number of nitrogens with zero attached hydrogens (tertiary/aromatic N) is 2. The maximum absolute atomic E-state index is 14.0. The van der Waals surface area contributed by atoms with E-state index in [1.54, 1.807) is 28.9 Å². The Hall–Kier alpha value is -2.89. The van der Waals surface area contributed by atoms with Crippen LogP contribution < -0.4 is 4.74 Å². The third-order valence-electron chi connectivity index (χ3n) is 5.41. The second kappa shape index (κ2) is 9.74. The van der Waals surface area contributed by atoms with E-state index in [9.17, 15) is 14.0 Å². The van der Waals surface area contributed by atoms with Crippen molar-refractivity contribution in [1.29, 1.82) is 0 Å². The molecule has 0 aliphatic carbocycles. The smallest absolute Gasteiger partial charge is 0.263 e. The van der Waals surface area contributed by atoms with E-state index in [1.165, 1.54) is 17.7 Å². The van der Waals surface area contributed by atoms with Crippen LogP contribution in [0.4, 0.5) is 4.39 Å². The Morgan fingerprint density at radius 1 is 0.900 bits per heavy atom. The number of halogens is 1. The van der Waals surface area contributed by atoms with Crippen molar-refractivity contribution in [1.82, 2.24) is 9.80 Å². The first-order valence-electron chi connectivity index (χ1n) is 10.5. The Morgan fingerprint density at radius 2 is 1.53 bits per heavy atom. The Labute approximate surface area is 177 Å². The second-order valence-electron chi connectivity index (χ2n) is 7.93. The molecule has 1 aliphatic heterocycles. The van der Waals surface area contributed by atoms with Crippen LogP contribution in [0.25, 0.3) is 0 Å². The van der Waals surface area contributed by atoms with Gasteiger partial charge in [-0.15, -0.1) is 0 Å². The van der Waals surface area contributed by atoms with E-state index >= 15 is 0 Å². The van der Waals surface area contributed by atoms with Crippen molar-refractivity contribution in [2.24, 2.45) is 0 Å². The molecule has 0 N–H and O–H groups in total. The molecule has 0 aromatic heterocycles. The fraction of sp³-hybridized carbons (Fsp3) is 0.417. The first-order chi connectivity index (χ1) is 14.4. The molecule has 2 amide bonds. The van der Waals surface area contributed by atoms with Gasteiger partial charge in [-0.05, 0) is 49.1 Å². The molecule has 2 aromatic carbocycles. The van der Waals surface area contributed by atoms with Crippen LogP contribution in [0.3, 0.4) is 0 Å². The van der Waals surface area contributed by atoms with Gasteiger partial charge in [0.25, 0.3) is 11.8 Å². The van der Waals surface area contributed by atoms with E-state index in [1.807, 2.05) is 24.3 Å². The molecular formula is C24H29FN2O3. The lowest BCUT2D eigenvalue weighted by atomic mass is 10.0. The SMILES string of the molecule is CC(Oc1ccc(C(C)C)cc1)C(=O)N1CCCN(C(=O)c2ccccc2F)CC1. The van der Waals surface area contributed by atoms with Crippen LogP contribution in [0, 0.1) is 5.82 Å². The topological polar surface area (TPSA) is 49.9 Å². The highest BCUT2D eigenvalue weighted by molar-refractivity contribution is 5.94. The van der Waals surface area contributed by atoms with Crippen molar-refractivity contribution in [3.05, 3.63) is 65.5 Å². The van der Waals surface area contributed by atoms with Gasteiger partial charge in [0.15, 0.2) is 6.10 Å². The van der Waals surface area contributed by atoms with E-state index in [4.69, 9.17) is 4.74 Å². The molecule has 160 valence electrons. The quantitative estimate of drug-likeness (QED) is 0.743. The molecule has 0 spiro atoms. The van der Waals surface area contributed by atoms with Crippen molar-refractivity contribution >= 4 is 11.8 Å². The van der Waals surface area contributed by atoms with Crippen molar-refractivity contribution in [3.8, 4) is 5.75 Å². The molecule has 6 heteroatoms. The summed E-state index contributed by atoms with van der Waals surface area (Å²) in [6.45, 7) is 7.80. The average molecular weight is 413 g/mol. The first-order valence-corrected chi connectivity index (χ1v) is 10.5. The Bertz CT molecular complexity index is 882. The maximum Gasteiger partial charge on any atom is 0.263 e. The molecule has 1 unspecified atom stereocenters.